The summed E-state index contributed by atoms with van der Waals surface area (Å²) < 4.78 is 10.9. The number of benzene rings is 2. The van der Waals surface area contributed by atoms with Crippen LogP contribution in [0.15, 0.2) is 42.5 Å². The lowest BCUT2D eigenvalue weighted by atomic mass is 10.1. The molecular weight excluding hydrogens is 316 g/mol. The fourth-order valence-electron chi connectivity index (χ4n) is 2.34. The van der Waals surface area contributed by atoms with E-state index in [9.17, 15) is 4.79 Å². The quantitative estimate of drug-likeness (QED) is 0.893. The Labute approximate surface area is 139 Å². The van der Waals surface area contributed by atoms with E-state index < -0.39 is 0 Å². The van der Waals surface area contributed by atoms with Crippen LogP contribution in [0, 0.1) is 0 Å². The highest BCUT2D eigenvalue weighted by atomic mass is 35.5. The number of amides is 2. The van der Waals surface area contributed by atoms with Gasteiger partial charge in [0.25, 0.3) is 0 Å². The summed E-state index contributed by atoms with van der Waals surface area (Å²) in [5.74, 6) is 1.33. The molecule has 3 rings (SSSR count). The second kappa shape index (κ2) is 6.79. The molecule has 120 valence electrons. The Bertz CT molecular complexity index is 721. The topological polar surface area (TPSA) is 59.6 Å². The van der Waals surface area contributed by atoms with E-state index in [1.807, 2.05) is 25.1 Å². The van der Waals surface area contributed by atoms with Crippen molar-refractivity contribution in [3.8, 4) is 11.5 Å². The minimum absolute atomic E-state index is 0.161. The number of carbonyl (C=O) groups excluding carboxylic acids is 1. The van der Waals surface area contributed by atoms with Gasteiger partial charge in [-0.3, -0.25) is 0 Å². The Balaban J connectivity index is 1.63. The SMILES string of the molecule is CC(NC(=O)Nc1ccc2c(c1)OCCO2)c1cccc(Cl)c1. The van der Waals surface area contributed by atoms with Crippen molar-refractivity contribution in [3.05, 3.63) is 53.1 Å². The first-order valence-electron chi connectivity index (χ1n) is 7.34. The third-order valence-corrected chi connectivity index (χ3v) is 3.73. The van der Waals surface area contributed by atoms with E-state index in [1.54, 1.807) is 24.3 Å². The standard InChI is InChI=1S/C17H17ClN2O3/c1-11(12-3-2-4-13(18)9-12)19-17(21)20-14-5-6-15-16(10-14)23-8-7-22-15/h2-6,9-11H,7-8H2,1H3,(H2,19,20,21). The first kappa shape index (κ1) is 15.5. The van der Waals surface area contributed by atoms with E-state index in [0.717, 1.165) is 5.56 Å². The number of urea groups is 1. The maximum Gasteiger partial charge on any atom is 0.319 e. The third-order valence-electron chi connectivity index (χ3n) is 3.50. The summed E-state index contributed by atoms with van der Waals surface area (Å²) >= 11 is 5.97. The van der Waals surface area contributed by atoms with Crippen LogP contribution in [0.3, 0.4) is 0 Å². The summed E-state index contributed by atoms with van der Waals surface area (Å²) in [5.41, 5.74) is 1.58. The molecule has 1 unspecified atom stereocenters. The highest BCUT2D eigenvalue weighted by Gasteiger charge is 2.14. The number of fused-ring (bicyclic) bond motifs is 1. The van der Waals surface area contributed by atoms with Crippen molar-refractivity contribution in [1.82, 2.24) is 5.32 Å². The molecule has 5 nitrogen and oxygen atoms in total. The maximum absolute atomic E-state index is 12.1. The number of ether oxygens (including phenoxy) is 2. The average Bonchev–Trinajstić information content (AvgIpc) is 2.54. The van der Waals surface area contributed by atoms with E-state index >= 15 is 0 Å². The van der Waals surface area contributed by atoms with Gasteiger partial charge in [-0.15, -0.1) is 0 Å². The number of nitrogens with one attached hydrogen (secondary N) is 2. The van der Waals surface area contributed by atoms with Gasteiger partial charge in [0, 0.05) is 16.8 Å². The van der Waals surface area contributed by atoms with E-state index in [2.05, 4.69) is 10.6 Å². The number of halogens is 1. The Hall–Kier alpha value is -2.40. The lowest BCUT2D eigenvalue weighted by Crippen LogP contribution is -2.31. The molecule has 0 fully saturated rings. The van der Waals surface area contributed by atoms with Gasteiger partial charge in [-0.05, 0) is 36.8 Å². The molecule has 1 atom stereocenters. The first-order valence-corrected chi connectivity index (χ1v) is 7.72. The van der Waals surface area contributed by atoms with E-state index in [0.29, 0.717) is 35.4 Å². The minimum Gasteiger partial charge on any atom is -0.486 e. The van der Waals surface area contributed by atoms with Crippen molar-refractivity contribution in [1.29, 1.82) is 0 Å². The van der Waals surface area contributed by atoms with Gasteiger partial charge in [-0.1, -0.05) is 23.7 Å². The monoisotopic (exact) mass is 332 g/mol. The molecule has 0 aromatic heterocycles. The molecular formula is C17H17ClN2O3. The number of hydrogen-bond donors (Lipinski definition) is 2. The van der Waals surface area contributed by atoms with Gasteiger partial charge >= 0.3 is 6.03 Å². The van der Waals surface area contributed by atoms with Crippen LogP contribution in [0.4, 0.5) is 10.5 Å². The normalized spacial score (nSPS) is 14.0. The van der Waals surface area contributed by atoms with E-state index in [1.165, 1.54) is 0 Å². The molecule has 0 bridgehead atoms. The molecule has 2 aromatic rings. The minimum atomic E-state index is -0.297. The summed E-state index contributed by atoms with van der Waals surface area (Å²) in [5, 5.41) is 6.30. The molecule has 1 aliphatic heterocycles. The van der Waals surface area contributed by atoms with E-state index in [4.69, 9.17) is 21.1 Å². The van der Waals surface area contributed by atoms with Crippen LogP contribution in [0.2, 0.25) is 5.02 Å². The Kier molecular flexibility index (Phi) is 4.57. The smallest absolute Gasteiger partial charge is 0.319 e. The highest BCUT2D eigenvalue weighted by molar-refractivity contribution is 6.30. The second-order valence-electron chi connectivity index (χ2n) is 5.23. The van der Waals surface area contributed by atoms with Gasteiger partial charge in [-0.2, -0.15) is 0 Å². The second-order valence-corrected chi connectivity index (χ2v) is 5.67. The molecule has 1 heterocycles. The average molecular weight is 333 g/mol. The number of rotatable bonds is 3. The molecule has 0 saturated carbocycles. The molecule has 0 radical (unpaired) electrons. The zero-order valence-corrected chi connectivity index (χ0v) is 13.4. The summed E-state index contributed by atoms with van der Waals surface area (Å²) in [4.78, 5) is 12.1. The number of anilines is 1. The van der Waals surface area contributed by atoms with Crippen molar-refractivity contribution < 1.29 is 14.3 Å². The van der Waals surface area contributed by atoms with Crippen LogP contribution in [-0.2, 0) is 0 Å². The van der Waals surface area contributed by atoms with Crippen LogP contribution in [-0.4, -0.2) is 19.2 Å². The van der Waals surface area contributed by atoms with Crippen LogP contribution >= 0.6 is 11.6 Å². The Morgan fingerprint density at radius 2 is 1.91 bits per heavy atom. The largest absolute Gasteiger partial charge is 0.486 e. The predicted molar refractivity (Wildman–Crippen MR) is 89.5 cm³/mol. The molecule has 6 heteroatoms. The molecule has 0 aliphatic carbocycles. The van der Waals surface area contributed by atoms with Crippen molar-refractivity contribution in [2.45, 2.75) is 13.0 Å². The van der Waals surface area contributed by atoms with Crippen LogP contribution in [0.25, 0.3) is 0 Å². The summed E-state index contributed by atoms with van der Waals surface area (Å²) in [6.07, 6.45) is 0. The Morgan fingerprint density at radius 1 is 1.13 bits per heavy atom. The lowest BCUT2D eigenvalue weighted by Gasteiger charge is -2.19. The molecule has 2 N–H and O–H groups in total. The first-order chi connectivity index (χ1) is 11.1. The van der Waals surface area contributed by atoms with Crippen molar-refractivity contribution >= 4 is 23.3 Å². The van der Waals surface area contributed by atoms with Gasteiger partial charge in [0.15, 0.2) is 11.5 Å². The maximum atomic E-state index is 12.1. The number of carbonyl (C=O) groups is 1. The van der Waals surface area contributed by atoms with Crippen molar-refractivity contribution in [2.24, 2.45) is 0 Å². The Morgan fingerprint density at radius 3 is 2.70 bits per heavy atom. The van der Waals surface area contributed by atoms with Gasteiger partial charge in [0.1, 0.15) is 13.2 Å². The number of hydrogen-bond acceptors (Lipinski definition) is 3. The van der Waals surface area contributed by atoms with Crippen LogP contribution < -0.4 is 20.1 Å². The van der Waals surface area contributed by atoms with Gasteiger partial charge in [0.2, 0.25) is 0 Å². The summed E-state index contributed by atoms with van der Waals surface area (Å²) in [6.45, 7) is 2.95. The lowest BCUT2D eigenvalue weighted by molar-refractivity contribution is 0.171. The molecule has 23 heavy (non-hydrogen) atoms. The zero-order valence-electron chi connectivity index (χ0n) is 12.6. The van der Waals surface area contributed by atoms with Crippen LogP contribution in [0.1, 0.15) is 18.5 Å². The summed E-state index contributed by atoms with van der Waals surface area (Å²) in [6, 6.07) is 12.2. The third kappa shape index (κ3) is 3.87. The van der Waals surface area contributed by atoms with Gasteiger partial charge in [0.05, 0.1) is 6.04 Å². The summed E-state index contributed by atoms with van der Waals surface area (Å²) in [7, 11) is 0. The van der Waals surface area contributed by atoms with Crippen LogP contribution in [0.5, 0.6) is 11.5 Å². The molecule has 2 amide bonds. The van der Waals surface area contributed by atoms with Crippen molar-refractivity contribution in [3.63, 3.8) is 0 Å². The van der Waals surface area contributed by atoms with Crippen molar-refractivity contribution in [2.75, 3.05) is 18.5 Å². The fourth-order valence-corrected chi connectivity index (χ4v) is 2.54. The zero-order chi connectivity index (χ0) is 16.2. The molecule has 0 spiro atoms. The van der Waals surface area contributed by atoms with E-state index in [-0.39, 0.29) is 12.1 Å². The molecule has 0 saturated heterocycles. The molecule has 1 aliphatic rings. The highest BCUT2D eigenvalue weighted by Crippen LogP contribution is 2.32. The van der Waals surface area contributed by atoms with Gasteiger partial charge in [-0.25, -0.2) is 4.79 Å². The molecule has 2 aromatic carbocycles. The van der Waals surface area contributed by atoms with Gasteiger partial charge < -0.3 is 20.1 Å². The predicted octanol–water partition coefficient (Wildman–Crippen LogP) is 3.99. The fraction of sp³-hybridized carbons (Fsp3) is 0.235.